The smallest absolute Gasteiger partial charge is 0.306 e. The summed E-state index contributed by atoms with van der Waals surface area (Å²) in [5.41, 5.74) is 0. The van der Waals surface area contributed by atoms with E-state index in [2.05, 4.69) is 113 Å². The lowest BCUT2D eigenvalue weighted by Gasteiger charge is -2.46. The summed E-state index contributed by atoms with van der Waals surface area (Å²) in [5.74, 6) is -0.102. The number of esters is 1. The third kappa shape index (κ3) is 11.2. The van der Waals surface area contributed by atoms with Gasteiger partial charge in [0.15, 0.2) is 0 Å². The van der Waals surface area contributed by atoms with Gasteiger partial charge in [-0.1, -0.05) is 158 Å². The molecule has 0 unspecified atom stereocenters. The first-order chi connectivity index (χ1) is 20.9. The van der Waals surface area contributed by atoms with Crippen LogP contribution in [0.4, 0.5) is 0 Å². The average molecular weight is 603 g/mol. The van der Waals surface area contributed by atoms with E-state index in [0.717, 1.165) is 32.1 Å². The van der Waals surface area contributed by atoms with Gasteiger partial charge < -0.3 is 9.16 Å². The zero-order valence-corrected chi connectivity index (χ0v) is 28.6. The monoisotopic (exact) mass is 602 g/mol. The summed E-state index contributed by atoms with van der Waals surface area (Å²) < 4.78 is 13.3. The molecular formula is C39H58O3Si. The maximum atomic E-state index is 12.2. The Labute approximate surface area is 264 Å². The van der Waals surface area contributed by atoms with Crippen LogP contribution in [0.2, 0.25) is 5.04 Å². The van der Waals surface area contributed by atoms with E-state index in [9.17, 15) is 4.79 Å². The number of cyclic esters (lactones) is 1. The molecule has 43 heavy (non-hydrogen) atoms. The minimum absolute atomic E-state index is 0.102. The molecular weight excluding hydrogens is 545 g/mol. The second-order valence-corrected chi connectivity index (χ2v) is 17.5. The van der Waals surface area contributed by atoms with Gasteiger partial charge in [0.2, 0.25) is 0 Å². The molecule has 0 saturated carbocycles. The summed E-state index contributed by atoms with van der Waals surface area (Å²) >= 11 is 0. The van der Waals surface area contributed by atoms with Gasteiger partial charge in [0.25, 0.3) is 8.32 Å². The van der Waals surface area contributed by atoms with E-state index in [1.54, 1.807) is 0 Å². The van der Waals surface area contributed by atoms with Crippen molar-refractivity contribution in [3.05, 3.63) is 85.0 Å². The Bertz CT molecular complexity index is 1050. The van der Waals surface area contributed by atoms with E-state index in [-0.39, 0.29) is 23.2 Å². The molecule has 0 spiro atoms. The molecule has 1 aliphatic heterocycles. The van der Waals surface area contributed by atoms with Crippen molar-refractivity contribution >= 4 is 24.7 Å². The summed E-state index contributed by atoms with van der Waals surface area (Å²) in [6, 6.07) is 21.5. The van der Waals surface area contributed by atoms with Crippen molar-refractivity contribution in [1.82, 2.24) is 0 Å². The number of carbonyl (C=O) groups is 1. The van der Waals surface area contributed by atoms with Gasteiger partial charge in [0, 0.05) is 6.42 Å². The topological polar surface area (TPSA) is 35.5 Å². The van der Waals surface area contributed by atoms with Crippen molar-refractivity contribution in [1.29, 1.82) is 0 Å². The van der Waals surface area contributed by atoms with Crippen LogP contribution >= 0.6 is 0 Å². The largest absolute Gasteiger partial charge is 0.460 e. The standard InChI is InChI=1S/C39H58O3Si/c1-5-6-7-8-9-10-11-12-13-14-15-16-17-18-19-26-31-37(36-32-33-38(40)41-36)42-43(39(2,3)4,34-27-22-20-23-28-34)35-29-24-21-25-30-35/h14-15,18-25,27-30,36-37H,5-13,16-17,26,31-33H2,1-4H3/b15-14+,19-18-/t36-,37-/m1/s1. The van der Waals surface area contributed by atoms with Crippen molar-refractivity contribution in [3.8, 4) is 0 Å². The maximum Gasteiger partial charge on any atom is 0.306 e. The molecule has 2 aromatic carbocycles. The fourth-order valence-electron chi connectivity index (χ4n) is 6.37. The first-order valence-electron chi connectivity index (χ1n) is 17.2. The van der Waals surface area contributed by atoms with Crippen molar-refractivity contribution < 1.29 is 14.0 Å². The number of hydrogen-bond acceptors (Lipinski definition) is 3. The molecule has 1 saturated heterocycles. The maximum absolute atomic E-state index is 12.2. The summed E-state index contributed by atoms with van der Waals surface area (Å²) in [7, 11) is -2.74. The SMILES string of the molecule is CCCCCCCCCC/C=C/CC/C=C\CC[C@@H](O[Si](c1ccccc1)(c1ccccc1)C(C)(C)C)[C@H]1CCC(=O)O1. The highest BCUT2D eigenvalue weighted by molar-refractivity contribution is 6.99. The number of hydrogen-bond donors (Lipinski definition) is 0. The van der Waals surface area contributed by atoms with E-state index < -0.39 is 8.32 Å². The highest BCUT2D eigenvalue weighted by Crippen LogP contribution is 2.39. The van der Waals surface area contributed by atoms with Crippen molar-refractivity contribution in [2.24, 2.45) is 0 Å². The number of unbranched alkanes of at least 4 members (excludes halogenated alkanes) is 9. The van der Waals surface area contributed by atoms with Gasteiger partial charge in [0.05, 0.1) is 6.10 Å². The summed E-state index contributed by atoms with van der Waals surface area (Å²) in [5, 5.41) is 2.41. The fraction of sp³-hybridized carbons (Fsp3) is 0.564. The zero-order valence-electron chi connectivity index (χ0n) is 27.6. The predicted octanol–water partition coefficient (Wildman–Crippen LogP) is 9.84. The number of allylic oxidation sites excluding steroid dienone is 4. The molecule has 2 atom stereocenters. The molecule has 0 N–H and O–H groups in total. The van der Waals surface area contributed by atoms with E-state index in [4.69, 9.17) is 9.16 Å². The van der Waals surface area contributed by atoms with Gasteiger partial charge in [-0.3, -0.25) is 4.79 Å². The first-order valence-corrected chi connectivity index (χ1v) is 19.1. The average Bonchev–Trinajstić information content (AvgIpc) is 3.44. The molecule has 0 bridgehead atoms. The molecule has 3 rings (SSSR count). The molecule has 4 heteroatoms. The molecule has 1 heterocycles. The van der Waals surface area contributed by atoms with E-state index >= 15 is 0 Å². The van der Waals surface area contributed by atoms with Crippen LogP contribution in [-0.4, -0.2) is 26.5 Å². The highest BCUT2D eigenvalue weighted by Gasteiger charge is 2.52. The van der Waals surface area contributed by atoms with Crippen LogP contribution in [0.15, 0.2) is 85.0 Å². The lowest BCUT2D eigenvalue weighted by atomic mass is 10.1. The Balaban J connectivity index is 1.57. The molecule has 0 radical (unpaired) electrons. The highest BCUT2D eigenvalue weighted by atomic mass is 28.4. The normalized spacial score (nSPS) is 16.7. The third-order valence-corrected chi connectivity index (χ3v) is 13.8. The summed E-state index contributed by atoms with van der Waals surface area (Å²) in [4.78, 5) is 12.2. The van der Waals surface area contributed by atoms with Gasteiger partial charge in [-0.15, -0.1) is 0 Å². The summed E-state index contributed by atoms with van der Waals surface area (Å²) in [6.45, 7) is 9.19. The van der Waals surface area contributed by atoms with Crippen LogP contribution in [0, 0.1) is 0 Å². The lowest BCUT2D eigenvalue weighted by molar-refractivity contribution is -0.144. The Kier molecular flexibility index (Phi) is 15.5. The van der Waals surface area contributed by atoms with E-state index in [0.29, 0.717) is 6.42 Å². The number of ether oxygens (including phenoxy) is 1. The number of carbonyl (C=O) groups excluding carboxylic acids is 1. The molecule has 0 amide bonds. The Morgan fingerprint density at radius 1 is 0.767 bits per heavy atom. The Morgan fingerprint density at radius 2 is 1.28 bits per heavy atom. The van der Waals surface area contributed by atoms with Crippen LogP contribution < -0.4 is 10.4 Å². The Morgan fingerprint density at radius 3 is 1.79 bits per heavy atom. The quantitative estimate of drug-likeness (QED) is 0.0655. The third-order valence-electron chi connectivity index (χ3n) is 8.75. The van der Waals surface area contributed by atoms with Crippen LogP contribution in [-0.2, 0) is 14.0 Å². The van der Waals surface area contributed by atoms with Crippen LogP contribution in [0.1, 0.15) is 124 Å². The second kappa shape index (κ2) is 19.1. The fourth-order valence-corrected chi connectivity index (χ4v) is 11.1. The predicted molar refractivity (Wildman–Crippen MR) is 186 cm³/mol. The Hall–Kier alpha value is -2.43. The van der Waals surface area contributed by atoms with Crippen LogP contribution in [0.25, 0.3) is 0 Å². The molecule has 0 aliphatic carbocycles. The van der Waals surface area contributed by atoms with Crippen LogP contribution in [0.3, 0.4) is 0 Å². The van der Waals surface area contributed by atoms with Gasteiger partial charge in [-0.2, -0.15) is 0 Å². The first kappa shape index (κ1) is 35.1. The van der Waals surface area contributed by atoms with Crippen molar-refractivity contribution in [2.45, 2.75) is 141 Å². The van der Waals surface area contributed by atoms with Crippen molar-refractivity contribution in [3.63, 3.8) is 0 Å². The lowest BCUT2D eigenvalue weighted by Crippen LogP contribution is -2.68. The molecule has 3 nitrogen and oxygen atoms in total. The van der Waals surface area contributed by atoms with Gasteiger partial charge in [-0.05, 0) is 60.4 Å². The van der Waals surface area contributed by atoms with E-state index in [1.807, 2.05) is 0 Å². The molecule has 1 aliphatic rings. The van der Waals surface area contributed by atoms with Crippen LogP contribution in [0.5, 0.6) is 0 Å². The zero-order chi connectivity index (χ0) is 30.8. The summed E-state index contributed by atoms with van der Waals surface area (Å²) in [6.07, 6.45) is 26.3. The number of benzene rings is 2. The second-order valence-electron chi connectivity index (χ2n) is 13.2. The van der Waals surface area contributed by atoms with Gasteiger partial charge >= 0.3 is 5.97 Å². The van der Waals surface area contributed by atoms with E-state index in [1.165, 1.54) is 68.2 Å². The number of rotatable bonds is 20. The molecule has 1 fully saturated rings. The minimum Gasteiger partial charge on any atom is -0.460 e. The molecule has 0 aromatic heterocycles. The molecule has 236 valence electrons. The molecule has 2 aromatic rings. The van der Waals surface area contributed by atoms with Gasteiger partial charge in [0.1, 0.15) is 6.10 Å². The minimum atomic E-state index is -2.74. The van der Waals surface area contributed by atoms with Crippen molar-refractivity contribution in [2.75, 3.05) is 0 Å². The van der Waals surface area contributed by atoms with Gasteiger partial charge in [-0.25, -0.2) is 0 Å².